The van der Waals surface area contributed by atoms with Gasteiger partial charge in [0.15, 0.2) is 5.76 Å². The summed E-state index contributed by atoms with van der Waals surface area (Å²) in [5.74, 6) is 2.38. The number of aryl methyl sites for hydroxylation is 1. The molecule has 154 valence electrons. The van der Waals surface area contributed by atoms with Gasteiger partial charge >= 0.3 is 0 Å². The van der Waals surface area contributed by atoms with Crippen molar-refractivity contribution >= 4 is 11.6 Å². The third-order valence-corrected chi connectivity index (χ3v) is 5.28. The molecule has 2 aromatic carbocycles. The number of furan rings is 1. The molecule has 0 amide bonds. The average molecular weight is 431 g/mol. The molecular weight excluding hydrogens is 412 g/mol. The maximum Gasteiger partial charge on any atom is 0.152 e. The predicted molar refractivity (Wildman–Crippen MR) is 121 cm³/mol. The Morgan fingerprint density at radius 1 is 1.00 bits per heavy atom. The Hall–Kier alpha value is -3.77. The van der Waals surface area contributed by atoms with E-state index in [2.05, 4.69) is 10.2 Å². The molecule has 7 heteroatoms. The predicted octanol–water partition coefficient (Wildman–Crippen LogP) is 6.16. The van der Waals surface area contributed by atoms with Gasteiger partial charge in [-0.3, -0.25) is 5.10 Å². The number of hydrogen-bond donors (Lipinski definition) is 1. The zero-order chi connectivity index (χ0) is 21.4. The maximum atomic E-state index is 6.05. The fraction of sp³-hybridized carbons (Fsp3) is 0.0833. The Morgan fingerprint density at radius 2 is 1.77 bits per heavy atom. The first-order valence-electron chi connectivity index (χ1n) is 9.73. The van der Waals surface area contributed by atoms with Crippen LogP contribution in [0.2, 0.25) is 5.02 Å². The van der Waals surface area contributed by atoms with Gasteiger partial charge in [-0.25, -0.2) is 4.68 Å². The highest BCUT2D eigenvalue weighted by Gasteiger charge is 2.18. The van der Waals surface area contributed by atoms with E-state index in [9.17, 15) is 0 Å². The molecule has 0 aliphatic carbocycles. The lowest BCUT2D eigenvalue weighted by atomic mass is 10.1. The van der Waals surface area contributed by atoms with Crippen LogP contribution in [0.1, 0.15) is 5.76 Å². The molecule has 6 nitrogen and oxygen atoms in total. The van der Waals surface area contributed by atoms with Gasteiger partial charge in [0.25, 0.3) is 0 Å². The van der Waals surface area contributed by atoms with Crippen molar-refractivity contribution in [2.45, 2.75) is 6.92 Å². The molecule has 0 atom stereocenters. The van der Waals surface area contributed by atoms with E-state index in [1.165, 1.54) is 0 Å². The van der Waals surface area contributed by atoms with Crippen molar-refractivity contribution in [3.05, 3.63) is 83.7 Å². The van der Waals surface area contributed by atoms with E-state index in [0.717, 1.165) is 51.2 Å². The Labute approximate surface area is 184 Å². The van der Waals surface area contributed by atoms with Gasteiger partial charge in [-0.05, 0) is 73.7 Å². The molecule has 0 bridgehead atoms. The molecule has 31 heavy (non-hydrogen) atoms. The minimum atomic E-state index is 0.678. The number of nitrogens with zero attached hydrogens (tertiary/aromatic N) is 3. The van der Waals surface area contributed by atoms with Crippen molar-refractivity contribution in [1.82, 2.24) is 20.0 Å². The summed E-state index contributed by atoms with van der Waals surface area (Å²) in [7, 11) is 1.65. The summed E-state index contributed by atoms with van der Waals surface area (Å²) in [6, 6.07) is 21.2. The van der Waals surface area contributed by atoms with Crippen LogP contribution in [-0.2, 0) is 0 Å². The van der Waals surface area contributed by atoms with Gasteiger partial charge in [0.2, 0.25) is 0 Å². The van der Waals surface area contributed by atoms with E-state index in [1.807, 2.05) is 84.5 Å². The van der Waals surface area contributed by atoms with Crippen LogP contribution in [0.5, 0.6) is 5.75 Å². The number of nitrogens with one attached hydrogen (secondary N) is 1. The Kier molecular flexibility index (Phi) is 4.84. The zero-order valence-corrected chi connectivity index (χ0v) is 17.7. The molecule has 3 aromatic heterocycles. The smallest absolute Gasteiger partial charge is 0.152 e. The van der Waals surface area contributed by atoms with E-state index in [4.69, 9.17) is 25.9 Å². The lowest BCUT2D eigenvalue weighted by molar-refractivity contribution is 0.415. The summed E-state index contributed by atoms with van der Waals surface area (Å²) < 4.78 is 12.9. The third kappa shape index (κ3) is 3.73. The second-order valence-corrected chi connectivity index (χ2v) is 7.55. The molecule has 5 rings (SSSR count). The number of hydrogen-bond acceptors (Lipinski definition) is 4. The topological polar surface area (TPSA) is 68.9 Å². The van der Waals surface area contributed by atoms with Crippen molar-refractivity contribution in [2.24, 2.45) is 0 Å². The number of benzene rings is 2. The van der Waals surface area contributed by atoms with Gasteiger partial charge in [-0.2, -0.15) is 10.2 Å². The van der Waals surface area contributed by atoms with Crippen LogP contribution in [0.15, 0.2) is 77.3 Å². The summed E-state index contributed by atoms with van der Waals surface area (Å²) in [6.07, 6.45) is 1.97. The van der Waals surface area contributed by atoms with Crippen LogP contribution >= 0.6 is 11.6 Å². The van der Waals surface area contributed by atoms with Crippen LogP contribution in [0, 0.1) is 6.92 Å². The number of ether oxygens (including phenoxy) is 1. The van der Waals surface area contributed by atoms with Gasteiger partial charge in [0.1, 0.15) is 22.9 Å². The number of methoxy groups -OCH3 is 1. The van der Waals surface area contributed by atoms with E-state index in [-0.39, 0.29) is 0 Å². The molecule has 0 aliphatic rings. The van der Waals surface area contributed by atoms with Crippen molar-refractivity contribution < 1.29 is 9.15 Å². The number of aromatic amines is 1. The van der Waals surface area contributed by atoms with Crippen molar-refractivity contribution in [2.75, 3.05) is 7.11 Å². The number of halogens is 1. The van der Waals surface area contributed by atoms with Gasteiger partial charge < -0.3 is 9.15 Å². The first kappa shape index (κ1) is 19.2. The molecule has 5 aromatic rings. The monoisotopic (exact) mass is 430 g/mol. The van der Waals surface area contributed by atoms with Crippen LogP contribution in [0.3, 0.4) is 0 Å². The second kappa shape index (κ2) is 7.81. The number of rotatable bonds is 5. The molecule has 0 radical (unpaired) electrons. The summed E-state index contributed by atoms with van der Waals surface area (Å²) in [5, 5.41) is 13.1. The molecule has 0 fully saturated rings. The largest absolute Gasteiger partial charge is 0.497 e. The Balaban J connectivity index is 1.62. The standard InChI is InChI=1S/C24H19ClN4O2/c1-15-3-12-23(31-15)22-13-21(26-27-22)20-14-29(18-8-6-17(25)7-9-18)28-24(20)16-4-10-19(30-2)11-5-16/h3-14H,1-2H3,(H,26,27). The highest BCUT2D eigenvalue weighted by molar-refractivity contribution is 6.30. The van der Waals surface area contributed by atoms with Crippen molar-refractivity contribution in [3.8, 4) is 45.4 Å². The summed E-state index contributed by atoms with van der Waals surface area (Å²) in [5.41, 5.74) is 5.15. The normalized spacial score (nSPS) is 11.1. The molecule has 1 N–H and O–H groups in total. The lowest BCUT2D eigenvalue weighted by Gasteiger charge is -2.03. The first-order chi connectivity index (χ1) is 15.1. The molecule has 0 saturated heterocycles. The van der Waals surface area contributed by atoms with Gasteiger partial charge in [0, 0.05) is 22.3 Å². The SMILES string of the molecule is COc1ccc(-c2nn(-c3ccc(Cl)cc3)cc2-c2cc(-c3ccc(C)o3)[nH]n2)cc1. The minimum Gasteiger partial charge on any atom is -0.497 e. The molecule has 0 unspecified atom stereocenters. The summed E-state index contributed by atoms with van der Waals surface area (Å²) >= 11 is 6.05. The number of H-pyrrole nitrogens is 1. The van der Waals surface area contributed by atoms with Crippen LogP contribution in [0.25, 0.3) is 39.7 Å². The van der Waals surface area contributed by atoms with Gasteiger partial charge in [-0.15, -0.1) is 0 Å². The minimum absolute atomic E-state index is 0.678. The quantitative estimate of drug-likeness (QED) is 0.362. The van der Waals surface area contributed by atoms with Gasteiger partial charge in [0.05, 0.1) is 18.5 Å². The Bertz CT molecular complexity index is 1330. The van der Waals surface area contributed by atoms with Crippen molar-refractivity contribution in [1.29, 1.82) is 0 Å². The highest BCUT2D eigenvalue weighted by atomic mass is 35.5. The van der Waals surface area contributed by atoms with Crippen LogP contribution < -0.4 is 4.74 Å². The fourth-order valence-corrected chi connectivity index (χ4v) is 3.54. The molecular formula is C24H19ClN4O2. The maximum absolute atomic E-state index is 6.05. The summed E-state index contributed by atoms with van der Waals surface area (Å²) in [4.78, 5) is 0. The van der Waals surface area contributed by atoms with E-state index in [0.29, 0.717) is 5.02 Å². The molecule has 3 heterocycles. The molecule has 0 saturated carbocycles. The fourth-order valence-electron chi connectivity index (χ4n) is 3.41. The lowest BCUT2D eigenvalue weighted by Crippen LogP contribution is -1.94. The average Bonchev–Trinajstić information content (AvgIpc) is 3.53. The van der Waals surface area contributed by atoms with Crippen molar-refractivity contribution in [3.63, 3.8) is 0 Å². The Morgan fingerprint density at radius 3 is 2.45 bits per heavy atom. The highest BCUT2D eigenvalue weighted by Crippen LogP contribution is 2.34. The van der Waals surface area contributed by atoms with Crippen LogP contribution in [-0.4, -0.2) is 27.1 Å². The first-order valence-corrected chi connectivity index (χ1v) is 10.1. The third-order valence-electron chi connectivity index (χ3n) is 5.03. The molecule has 0 spiro atoms. The summed E-state index contributed by atoms with van der Waals surface area (Å²) in [6.45, 7) is 1.92. The van der Waals surface area contributed by atoms with E-state index < -0.39 is 0 Å². The van der Waals surface area contributed by atoms with Gasteiger partial charge in [-0.1, -0.05) is 11.6 Å². The molecule has 0 aliphatic heterocycles. The van der Waals surface area contributed by atoms with Crippen LogP contribution in [0.4, 0.5) is 0 Å². The van der Waals surface area contributed by atoms with E-state index in [1.54, 1.807) is 7.11 Å². The van der Waals surface area contributed by atoms with E-state index >= 15 is 0 Å². The second-order valence-electron chi connectivity index (χ2n) is 7.12. The number of aromatic nitrogens is 4. The zero-order valence-electron chi connectivity index (χ0n) is 17.0.